The van der Waals surface area contributed by atoms with E-state index in [0.717, 1.165) is 17.3 Å². The molecular weight excluding hydrogens is 228 g/mol. The minimum Gasteiger partial charge on any atom is -0.491 e. The summed E-state index contributed by atoms with van der Waals surface area (Å²) in [7, 11) is 0. The number of hydrogen-bond donors (Lipinski definition) is 0. The van der Waals surface area contributed by atoms with E-state index in [4.69, 9.17) is 4.74 Å². The molecule has 1 heterocycles. The van der Waals surface area contributed by atoms with Crippen molar-refractivity contribution in [1.82, 2.24) is 20.2 Å². The monoisotopic (exact) mass is 246 g/mol. The van der Waals surface area contributed by atoms with Gasteiger partial charge < -0.3 is 4.74 Å². The maximum absolute atomic E-state index is 5.67. The van der Waals surface area contributed by atoms with Crippen LogP contribution in [0, 0.1) is 0 Å². The molecule has 2 rings (SSSR count). The van der Waals surface area contributed by atoms with Crippen molar-refractivity contribution in [2.75, 3.05) is 0 Å². The van der Waals surface area contributed by atoms with E-state index in [2.05, 4.69) is 29.4 Å². The van der Waals surface area contributed by atoms with E-state index in [1.807, 2.05) is 38.1 Å². The maximum Gasteiger partial charge on any atom is 0.159 e. The quantitative estimate of drug-likeness (QED) is 0.832. The smallest absolute Gasteiger partial charge is 0.159 e. The Kier molecular flexibility index (Phi) is 3.60. The van der Waals surface area contributed by atoms with Gasteiger partial charge in [0.15, 0.2) is 5.82 Å². The largest absolute Gasteiger partial charge is 0.491 e. The highest BCUT2D eigenvalue weighted by Gasteiger charge is 2.12. The third-order valence-corrected chi connectivity index (χ3v) is 2.44. The van der Waals surface area contributed by atoms with E-state index in [0.29, 0.717) is 0 Å². The molecule has 0 saturated carbocycles. The van der Waals surface area contributed by atoms with E-state index in [-0.39, 0.29) is 12.0 Å². The molecule has 0 spiro atoms. The van der Waals surface area contributed by atoms with Gasteiger partial charge in [-0.2, -0.15) is 4.68 Å². The molecule has 0 aliphatic heterocycles. The van der Waals surface area contributed by atoms with Crippen LogP contribution in [0.5, 0.6) is 5.75 Å². The second kappa shape index (κ2) is 5.16. The first-order chi connectivity index (χ1) is 8.58. The summed E-state index contributed by atoms with van der Waals surface area (Å²) in [4.78, 5) is 0. The van der Waals surface area contributed by atoms with Gasteiger partial charge in [-0.25, -0.2) is 0 Å². The van der Waals surface area contributed by atoms with E-state index in [1.54, 1.807) is 4.68 Å². The molecule has 5 nitrogen and oxygen atoms in total. The number of nitrogens with zero attached hydrogens (tertiary/aromatic N) is 4. The van der Waals surface area contributed by atoms with Crippen molar-refractivity contribution >= 4 is 0 Å². The van der Waals surface area contributed by atoms with Gasteiger partial charge in [0.2, 0.25) is 0 Å². The molecule has 0 aliphatic rings. The number of ether oxygens (including phenoxy) is 1. The Bertz CT molecular complexity index is 519. The molecule has 2 aromatic rings. The highest BCUT2D eigenvalue weighted by Crippen LogP contribution is 2.20. The number of aromatic nitrogens is 4. The molecular formula is C13H18N4O. The van der Waals surface area contributed by atoms with Gasteiger partial charge in [-0.05, 0) is 36.4 Å². The van der Waals surface area contributed by atoms with Gasteiger partial charge in [0.1, 0.15) is 5.75 Å². The predicted molar refractivity (Wildman–Crippen MR) is 69.0 cm³/mol. The van der Waals surface area contributed by atoms with Crippen LogP contribution in [-0.2, 0) is 0 Å². The van der Waals surface area contributed by atoms with Crippen LogP contribution in [0.1, 0.15) is 39.4 Å². The lowest BCUT2D eigenvalue weighted by atomic mass is 10.2. The molecule has 96 valence electrons. The van der Waals surface area contributed by atoms with Crippen LogP contribution >= 0.6 is 0 Å². The summed E-state index contributed by atoms with van der Waals surface area (Å²) in [6.45, 7) is 8.14. The third-order valence-electron chi connectivity index (χ3n) is 2.44. The standard InChI is InChI=1S/C13H18N4O/c1-9(2)13-14-15-16-17(13)11-6-5-7-12(8-11)18-10(3)4/h5-10H,1-4H3. The molecule has 0 N–H and O–H groups in total. The van der Waals surface area contributed by atoms with E-state index < -0.39 is 0 Å². The second-order valence-electron chi connectivity index (χ2n) is 4.77. The number of benzene rings is 1. The Labute approximate surface area is 107 Å². The average Bonchev–Trinajstić information content (AvgIpc) is 2.77. The Balaban J connectivity index is 2.35. The molecule has 0 radical (unpaired) electrons. The fourth-order valence-corrected chi connectivity index (χ4v) is 1.70. The van der Waals surface area contributed by atoms with Crippen LogP contribution < -0.4 is 4.74 Å². The van der Waals surface area contributed by atoms with E-state index >= 15 is 0 Å². The van der Waals surface area contributed by atoms with Gasteiger partial charge in [-0.15, -0.1) is 5.10 Å². The van der Waals surface area contributed by atoms with Crippen molar-refractivity contribution in [3.8, 4) is 11.4 Å². The molecule has 0 amide bonds. The molecule has 0 unspecified atom stereocenters. The lowest BCUT2D eigenvalue weighted by Crippen LogP contribution is -2.08. The van der Waals surface area contributed by atoms with Gasteiger partial charge in [-0.3, -0.25) is 0 Å². The molecule has 0 aliphatic carbocycles. The topological polar surface area (TPSA) is 52.8 Å². The highest BCUT2D eigenvalue weighted by atomic mass is 16.5. The number of hydrogen-bond acceptors (Lipinski definition) is 4. The molecule has 0 saturated heterocycles. The van der Waals surface area contributed by atoms with Crippen molar-refractivity contribution in [1.29, 1.82) is 0 Å². The summed E-state index contributed by atoms with van der Waals surface area (Å²) in [6, 6.07) is 7.79. The Hall–Kier alpha value is -1.91. The van der Waals surface area contributed by atoms with Crippen LogP contribution in [0.4, 0.5) is 0 Å². The minimum atomic E-state index is 0.152. The zero-order valence-electron chi connectivity index (χ0n) is 11.2. The van der Waals surface area contributed by atoms with E-state index in [1.165, 1.54) is 0 Å². The summed E-state index contributed by atoms with van der Waals surface area (Å²) in [6.07, 6.45) is 0.152. The fraction of sp³-hybridized carbons (Fsp3) is 0.462. The zero-order valence-corrected chi connectivity index (χ0v) is 11.2. The SMILES string of the molecule is CC(C)Oc1cccc(-n2nnnc2C(C)C)c1. The van der Waals surface area contributed by atoms with Gasteiger partial charge >= 0.3 is 0 Å². The first kappa shape index (κ1) is 12.5. The summed E-state index contributed by atoms with van der Waals surface area (Å²) < 4.78 is 7.42. The summed E-state index contributed by atoms with van der Waals surface area (Å²) >= 11 is 0. The fourth-order valence-electron chi connectivity index (χ4n) is 1.70. The maximum atomic E-state index is 5.67. The molecule has 1 aromatic carbocycles. The first-order valence-electron chi connectivity index (χ1n) is 6.13. The zero-order chi connectivity index (χ0) is 13.1. The van der Waals surface area contributed by atoms with Crippen molar-refractivity contribution in [2.45, 2.75) is 39.7 Å². The Morgan fingerprint density at radius 1 is 1.17 bits per heavy atom. The van der Waals surface area contributed by atoms with Crippen molar-refractivity contribution < 1.29 is 4.74 Å². The first-order valence-corrected chi connectivity index (χ1v) is 6.13. The normalized spacial score (nSPS) is 11.2. The van der Waals surface area contributed by atoms with Crippen LogP contribution in [0.15, 0.2) is 24.3 Å². The van der Waals surface area contributed by atoms with Crippen molar-refractivity contribution in [3.05, 3.63) is 30.1 Å². The Morgan fingerprint density at radius 3 is 2.61 bits per heavy atom. The number of tetrazole rings is 1. The minimum absolute atomic E-state index is 0.152. The van der Waals surface area contributed by atoms with Gasteiger partial charge in [0.25, 0.3) is 0 Å². The lowest BCUT2D eigenvalue weighted by Gasteiger charge is -2.11. The highest BCUT2D eigenvalue weighted by molar-refractivity contribution is 5.39. The van der Waals surface area contributed by atoms with Gasteiger partial charge in [0.05, 0.1) is 11.8 Å². The van der Waals surface area contributed by atoms with Crippen molar-refractivity contribution in [3.63, 3.8) is 0 Å². The summed E-state index contributed by atoms with van der Waals surface area (Å²) in [5.41, 5.74) is 0.918. The van der Waals surface area contributed by atoms with Gasteiger partial charge in [0, 0.05) is 12.0 Å². The average molecular weight is 246 g/mol. The van der Waals surface area contributed by atoms with Crippen LogP contribution in [0.3, 0.4) is 0 Å². The summed E-state index contributed by atoms with van der Waals surface area (Å²) in [5, 5.41) is 11.8. The predicted octanol–water partition coefficient (Wildman–Crippen LogP) is 2.57. The molecule has 0 fully saturated rings. The molecule has 5 heteroatoms. The summed E-state index contributed by atoms with van der Waals surface area (Å²) in [5.74, 6) is 1.94. The lowest BCUT2D eigenvalue weighted by molar-refractivity contribution is 0.242. The molecule has 1 aromatic heterocycles. The molecule has 0 bridgehead atoms. The van der Waals surface area contributed by atoms with Crippen LogP contribution in [-0.4, -0.2) is 26.3 Å². The van der Waals surface area contributed by atoms with Crippen LogP contribution in [0.25, 0.3) is 5.69 Å². The van der Waals surface area contributed by atoms with E-state index in [9.17, 15) is 0 Å². The van der Waals surface area contributed by atoms with Crippen molar-refractivity contribution in [2.24, 2.45) is 0 Å². The second-order valence-corrected chi connectivity index (χ2v) is 4.77. The number of rotatable bonds is 4. The van der Waals surface area contributed by atoms with Crippen LogP contribution in [0.2, 0.25) is 0 Å². The third kappa shape index (κ3) is 2.67. The van der Waals surface area contributed by atoms with Gasteiger partial charge in [-0.1, -0.05) is 19.9 Å². The molecule has 18 heavy (non-hydrogen) atoms. The Morgan fingerprint density at radius 2 is 1.94 bits per heavy atom. The molecule has 0 atom stereocenters.